The van der Waals surface area contributed by atoms with Crippen LogP contribution in [0.5, 0.6) is 0 Å². The maximum Gasteiger partial charge on any atom is 0.0418 e. The van der Waals surface area contributed by atoms with Crippen LogP contribution in [-0.4, -0.2) is 10.4 Å². The Morgan fingerprint density at radius 1 is 1.25 bits per heavy atom. The van der Waals surface area contributed by atoms with Crippen molar-refractivity contribution in [2.75, 3.05) is 0 Å². The number of halogens is 1. The SMILES string of the molecule is ClC(Cc1ccccn1)CC1CCCCC1. The fraction of sp³-hybridized carbons (Fsp3) is 0.643. The summed E-state index contributed by atoms with van der Waals surface area (Å²) in [6.45, 7) is 0. The first-order valence-corrected chi connectivity index (χ1v) is 6.82. The predicted molar refractivity (Wildman–Crippen MR) is 68.8 cm³/mol. The third kappa shape index (κ3) is 3.79. The van der Waals surface area contributed by atoms with Gasteiger partial charge in [0.05, 0.1) is 0 Å². The maximum absolute atomic E-state index is 6.41. The van der Waals surface area contributed by atoms with E-state index in [0.717, 1.165) is 24.5 Å². The van der Waals surface area contributed by atoms with E-state index in [9.17, 15) is 0 Å². The highest BCUT2D eigenvalue weighted by atomic mass is 35.5. The summed E-state index contributed by atoms with van der Waals surface area (Å²) in [6, 6.07) is 6.05. The molecule has 16 heavy (non-hydrogen) atoms. The van der Waals surface area contributed by atoms with Gasteiger partial charge in [0.25, 0.3) is 0 Å². The van der Waals surface area contributed by atoms with E-state index < -0.39 is 0 Å². The van der Waals surface area contributed by atoms with Crippen molar-refractivity contribution in [3.8, 4) is 0 Å². The fourth-order valence-electron chi connectivity index (χ4n) is 2.61. The van der Waals surface area contributed by atoms with Gasteiger partial charge >= 0.3 is 0 Å². The van der Waals surface area contributed by atoms with Gasteiger partial charge in [-0.2, -0.15) is 0 Å². The molecule has 2 heteroatoms. The molecule has 0 N–H and O–H groups in total. The highest BCUT2D eigenvalue weighted by Crippen LogP contribution is 2.29. The van der Waals surface area contributed by atoms with Gasteiger partial charge < -0.3 is 0 Å². The van der Waals surface area contributed by atoms with Gasteiger partial charge in [0.15, 0.2) is 0 Å². The maximum atomic E-state index is 6.41. The molecule has 1 aliphatic rings. The van der Waals surface area contributed by atoms with Gasteiger partial charge in [0.1, 0.15) is 0 Å². The molecular weight excluding hydrogens is 218 g/mol. The molecule has 1 aliphatic carbocycles. The minimum Gasteiger partial charge on any atom is -0.261 e. The highest BCUT2D eigenvalue weighted by Gasteiger charge is 2.17. The molecule has 0 spiro atoms. The molecule has 0 radical (unpaired) electrons. The zero-order valence-electron chi connectivity index (χ0n) is 9.74. The molecule has 1 aromatic rings. The van der Waals surface area contributed by atoms with E-state index >= 15 is 0 Å². The van der Waals surface area contributed by atoms with E-state index in [4.69, 9.17) is 11.6 Å². The Kier molecular flexibility index (Phi) is 4.65. The molecule has 1 nitrogen and oxygen atoms in total. The molecule has 1 unspecified atom stereocenters. The first kappa shape index (κ1) is 11.9. The minimum atomic E-state index is 0.262. The van der Waals surface area contributed by atoms with Crippen LogP contribution < -0.4 is 0 Å². The van der Waals surface area contributed by atoms with E-state index in [1.807, 2.05) is 18.3 Å². The zero-order chi connectivity index (χ0) is 11.2. The average molecular weight is 238 g/mol. The van der Waals surface area contributed by atoms with E-state index in [-0.39, 0.29) is 5.38 Å². The monoisotopic (exact) mass is 237 g/mol. The number of rotatable bonds is 4. The number of aromatic nitrogens is 1. The molecule has 0 saturated heterocycles. The Balaban J connectivity index is 1.77. The van der Waals surface area contributed by atoms with Crippen molar-refractivity contribution in [1.29, 1.82) is 0 Å². The van der Waals surface area contributed by atoms with Gasteiger partial charge in [-0.25, -0.2) is 0 Å². The Bertz CT molecular complexity index is 293. The van der Waals surface area contributed by atoms with Gasteiger partial charge in [-0.15, -0.1) is 11.6 Å². The molecular formula is C14H20ClN. The molecule has 1 fully saturated rings. The summed E-state index contributed by atoms with van der Waals surface area (Å²) >= 11 is 6.41. The second kappa shape index (κ2) is 6.24. The van der Waals surface area contributed by atoms with Crippen molar-refractivity contribution < 1.29 is 0 Å². The van der Waals surface area contributed by atoms with Crippen LogP contribution in [0.4, 0.5) is 0 Å². The van der Waals surface area contributed by atoms with Crippen LogP contribution in [0.1, 0.15) is 44.2 Å². The molecule has 1 atom stereocenters. The Morgan fingerprint density at radius 3 is 2.75 bits per heavy atom. The standard InChI is InChI=1S/C14H20ClN/c15-13(10-12-6-2-1-3-7-12)11-14-8-4-5-9-16-14/h4-5,8-9,12-13H,1-3,6-7,10-11H2. The van der Waals surface area contributed by atoms with Gasteiger partial charge in [-0.3, -0.25) is 4.98 Å². The number of pyridine rings is 1. The quantitative estimate of drug-likeness (QED) is 0.716. The lowest BCUT2D eigenvalue weighted by Crippen LogP contribution is -2.14. The summed E-state index contributed by atoms with van der Waals surface area (Å²) in [7, 11) is 0. The summed E-state index contributed by atoms with van der Waals surface area (Å²) in [5.74, 6) is 0.861. The average Bonchev–Trinajstić information content (AvgIpc) is 2.31. The Hall–Kier alpha value is -0.560. The smallest absolute Gasteiger partial charge is 0.0418 e. The van der Waals surface area contributed by atoms with Crippen LogP contribution in [0.3, 0.4) is 0 Å². The second-order valence-corrected chi connectivity index (χ2v) is 5.48. The lowest BCUT2D eigenvalue weighted by molar-refractivity contribution is 0.334. The van der Waals surface area contributed by atoms with Crippen molar-refractivity contribution >= 4 is 11.6 Å². The van der Waals surface area contributed by atoms with Gasteiger partial charge in [0, 0.05) is 23.7 Å². The van der Waals surface area contributed by atoms with Crippen LogP contribution in [0.25, 0.3) is 0 Å². The van der Waals surface area contributed by atoms with Gasteiger partial charge in [0.2, 0.25) is 0 Å². The minimum absolute atomic E-state index is 0.262. The molecule has 1 aromatic heterocycles. The highest BCUT2D eigenvalue weighted by molar-refractivity contribution is 6.20. The molecule has 88 valence electrons. The van der Waals surface area contributed by atoms with Crippen molar-refractivity contribution in [2.24, 2.45) is 5.92 Å². The van der Waals surface area contributed by atoms with E-state index in [0.29, 0.717) is 0 Å². The van der Waals surface area contributed by atoms with Crippen LogP contribution in [0, 0.1) is 5.92 Å². The molecule has 0 bridgehead atoms. The third-order valence-electron chi connectivity index (χ3n) is 3.47. The summed E-state index contributed by atoms with van der Waals surface area (Å²) in [4.78, 5) is 4.33. The van der Waals surface area contributed by atoms with Crippen molar-refractivity contribution in [1.82, 2.24) is 4.98 Å². The second-order valence-electron chi connectivity index (χ2n) is 4.86. The number of nitrogens with zero attached hydrogens (tertiary/aromatic N) is 1. The Morgan fingerprint density at radius 2 is 2.06 bits per heavy atom. The van der Waals surface area contributed by atoms with E-state index in [2.05, 4.69) is 11.1 Å². The Labute approximate surface area is 103 Å². The molecule has 0 aromatic carbocycles. The van der Waals surface area contributed by atoms with Crippen molar-refractivity contribution in [3.63, 3.8) is 0 Å². The molecule has 1 heterocycles. The summed E-state index contributed by atoms with van der Waals surface area (Å²) in [6.07, 6.45) is 10.9. The van der Waals surface area contributed by atoms with Crippen molar-refractivity contribution in [3.05, 3.63) is 30.1 Å². The number of alkyl halides is 1. The first-order chi connectivity index (χ1) is 7.84. The van der Waals surface area contributed by atoms with Crippen molar-refractivity contribution in [2.45, 2.75) is 50.3 Å². The topological polar surface area (TPSA) is 12.9 Å². The van der Waals surface area contributed by atoms with Crippen LogP contribution in [0.15, 0.2) is 24.4 Å². The normalized spacial score (nSPS) is 19.6. The molecule has 0 amide bonds. The summed E-state index contributed by atoms with van der Waals surface area (Å²) < 4.78 is 0. The summed E-state index contributed by atoms with van der Waals surface area (Å²) in [5.41, 5.74) is 1.12. The zero-order valence-corrected chi connectivity index (χ0v) is 10.5. The number of hydrogen-bond donors (Lipinski definition) is 0. The van der Waals surface area contributed by atoms with Crippen LogP contribution in [-0.2, 0) is 6.42 Å². The largest absolute Gasteiger partial charge is 0.261 e. The fourth-order valence-corrected chi connectivity index (χ4v) is 3.02. The molecule has 2 rings (SSSR count). The third-order valence-corrected chi connectivity index (χ3v) is 3.80. The van der Waals surface area contributed by atoms with E-state index in [1.165, 1.54) is 32.1 Å². The lowest BCUT2D eigenvalue weighted by atomic mass is 9.85. The van der Waals surface area contributed by atoms with Crippen LogP contribution >= 0.6 is 11.6 Å². The first-order valence-electron chi connectivity index (χ1n) is 6.38. The van der Waals surface area contributed by atoms with Crippen LogP contribution in [0.2, 0.25) is 0 Å². The molecule has 1 saturated carbocycles. The van der Waals surface area contributed by atoms with E-state index in [1.54, 1.807) is 0 Å². The van der Waals surface area contributed by atoms with Gasteiger partial charge in [-0.05, 0) is 24.5 Å². The number of hydrogen-bond acceptors (Lipinski definition) is 1. The van der Waals surface area contributed by atoms with Gasteiger partial charge in [-0.1, -0.05) is 38.2 Å². The summed E-state index contributed by atoms with van der Waals surface area (Å²) in [5, 5.41) is 0.262. The predicted octanol–water partition coefficient (Wildman–Crippen LogP) is 4.20. The lowest BCUT2D eigenvalue weighted by Gasteiger charge is -2.23. The molecule has 0 aliphatic heterocycles.